The van der Waals surface area contributed by atoms with Crippen LogP contribution in [0.1, 0.15) is 47.6 Å². The second kappa shape index (κ2) is 7.79. The average molecular weight is 355 g/mol. The van der Waals surface area contributed by atoms with E-state index in [0.29, 0.717) is 12.2 Å². The first-order valence-electron chi connectivity index (χ1n) is 8.90. The van der Waals surface area contributed by atoms with Crippen molar-refractivity contribution in [2.45, 2.75) is 40.5 Å². The van der Waals surface area contributed by atoms with Gasteiger partial charge in [0.15, 0.2) is 0 Å². The molecular formula is C21H29N3O2. The molecule has 0 saturated carbocycles. The molecule has 0 fully saturated rings. The monoisotopic (exact) mass is 355 g/mol. The van der Waals surface area contributed by atoms with Gasteiger partial charge in [-0.3, -0.25) is 4.79 Å². The highest BCUT2D eigenvalue weighted by Crippen LogP contribution is 2.39. The van der Waals surface area contributed by atoms with Crippen LogP contribution in [-0.4, -0.2) is 17.6 Å². The molecule has 5 N–H and O–H groups in total. The molecule has 2 unspecified atom stereocenters. The van der Waals surface area contributed by atoms with Crippen LogP contribution in [0.5, 0.6) is 0 Å². The predicted octanol–water partition coefficient (Wildman–Crippen LogP) is 3.75. The number of nitrogens with zero attached hydrogens (tertiary/aromatic N) is 1. The number of hydrazine groups is 1. The van der Waals surface area contributed by atoms with Crippen LogP contribution in [0.4, 0.5) is 11.4 Å². The lowest BCUT2D eigenvalue weighted by Crippen LogP contribution is -2.31. The van der Waals surface area contributed by atoms with Crippen molar-refractivity contribution in [1.82, 2.24) is 0 Å². The van der Waals surface area contributed by atoms with Gasteiger partial charge in [0.1, 0.15) is 0 Å². The largest absolute Gasteiger partial charge is 0.481 e. The summed E-state index contributed by atoms with van der Waals surface area (Å²) >= 11 is 0. The molecular weight excluding hydrogens is 326 g/mol. The van der Waals surface area contributed by atoms with Crippen molar-refractivity contribution >= 4 is 17.3 Å². The van der Waals surface area contributed by atoms with Crippen LogP contribution in [0.3, 0.4) is 0 Å². The molecule has 0 amide bonds. The fourth-order valence-electron chi connectivity index (χ4n) is 3.33. The van der Waals surface area contributed by atoms with Crippen LogP contribution in [0.2, 0.25) is 0 Å². The number of carboxylic acids is 1. The minimum absolute atomic E-state index is 0.281. The fourth-order valence-corrected chi connectivity index (χ4v) is 3.33. The molecule has 0 heterocycles. The van der Waals surface area contributed by atoms with Crippen LogP contribution in [0, 0.1) is 26.7 Å². The highest BCUT2D eigenvalue weighted by Gasteiger charge is 2.29. The Bertz CT molecular complexity index is 817. The Labute approximate surface area is 155 Å². The normalized spacial score (nSPS) is 13.3. The number of nitrogens with two attached hydrogens (primary N) is 2. The van der Waals surface area contributed by atoms with E-state index in [1.54, 1.807) is 11.9 Å². The third kappa shape index (κ3) is 3.68. The van der Waals surface area contributed by atoms with Crippen molar-refractivity contribution in [2.75, 3.05) is 17.3 Å². The maximum atomic E-state index is 11.8. The van der Waals surface area contributed by atoms with E-state index in [-0.39, 0.29) is 5.92 Å². The smallest absolute Gasteiger partial charge is 0.307 e. The summed E-state index contributed by atoms with van der Waals surface area (Å²) < 4.78 is 0. The summed E-state index contributed by atoms with van der Waals surface area (Å²) in [5.74, 6) is 4.31. The van der Waals surface area contributed by atoms with E-state index >= 15 is 0 Å². The van der Waals surface area contributed by atoms with Gasteiger partial charge in [-0.1, -0.05) is 31.2 Å². The van der Waals surface area contributed by atoms with Crippen molar-refractivity contribution in [3.8, 4) is 0 Å². The third-order valence-corrected chi connectivity index (χ3v) is 5.30. The van der Waals surface area contributed by atoms with E-state index in [4.69, 9.17) is 11.6 Å². The fraction of sp³-hybridized carbons (Fsp3) is 0.381. The molecule has 0 radical (unpaired) electrons. The number of anilines is 2. The maximum absolute atomic E-state index is 11.8. The van der Waals surface area contributed by atoms with Crippen LogP contribution in [0.25, 0.3) is 0 Å². The zero-order valence-electron chi connectivity index (χ0n) is 16.2. The first-order chi connectivity index (χ1) is 12.2. The molecule has 2 aromatic rings. The van der Waals surface area contributed by atoms with Crippen molar-refractivity contribution in [3.63, 3.8) is 0 Å². The maximum Gasteiger partial charge on any atom is 0.307 e. The number of carbonyl (C=O) groups is 1. The third-order valence-electron chi connectivity index (χ3n) is 5.30. The molecule has 2 rings (SSSR count). The Kier molecular flexibility index (Phi) is 5.93. The molecule has 0 bridgehead atoms. The van der Waals surface area contributed by atoms with Gasteiger partial charge < -0.3 is 15.8 Å². The van der Waals surface area contributed by atoms with Crippen molar-refractivity contribution < 1.29 is 9.90 Å². The Morgan fingerprint density at radius 3 is 2.35 bits per heavy atom. The number of rotatable bonds is 6. The first kappa shape index (κ1) is 19.8. The van der Waals surface area contributed by atoms with Gasteiger partial charge >= 0.3 is 5.97 Å². The van der Waals surface area contributed by atoms with Gasteiger partial charge in [-0.25, -0.2) is 5.84 Å². The van der Waals surface area contributed by atoms with Gasteiger partial charge in [0.05, 0.1) is 17.3 Å². The highest BCUT2D eigenvalue weighted by atomic mass is 16.4. The van der Waals surface area contributed by atoms with Gasteiger partial charge in [0, 0.05) is 12.5 Å². The summed E-state index contributed by atoms with van der Waals surface area (Å²) in [6.07, 6.45) is 0. The first-order valence-corrected chi connectivity index (χ1v) is 8.90. The van der Waals surface area contributed by atoms with E-state index in [1.807, 2.05) is 52.0 Å². The molecule has 0 saturated heterocycles. The van der Waals surface area contributed by atoms with E-state index in [1.165, 1.54) is 5.56 Å². The molecule has 5 heteroatoms. The molecule has 0 aliphatic heterocycles. The van der Waals surface area contributed by atoms with E-state index in [0.717, 1.165) is 27.9 Å². The Morgan fingerprint density at radius 1 is 1.15 bits per heavy atom. The quantitative estimate of drug-likeness (QED) is 0.417. The molecule has 0 aliphatic rings. The molecule has 2 aromatic carbocycles. The summed E-state index contributed by atoms with van der Waals surface area (Å²) in [6, 6.07) is 9.96. The van der Waals surface area contributed by atoms with E-state index in [2.05, 4.69) is 6.07 Å². The number of aryl methyl sites for hydroxylation is 2. The zero-order valence-corrected chi connectivity index (χ0v) is 16.2. The summed E-state index contributed by atoms with van der Waals surface area (Å²) in [6.45, 7) is 10.3. The van der Waals surface area contributed by atoms with Gasteiger partial charge in [-0.05, 0) is 61.6 Å². The van der Waals surface area contributed by atoms with Gasteiger partial charge in [0.2, 0.25) is 0 Å². The summed E-state index contributed by atoms with van der Waals surface area (Å²) in [4.78, 5) is 11.8. The number of carboxylic acid groups (broad SMARTS) is 1. The van der Waals surface area contributed by atoms with Crippen molar-refractivity contribution in [3.05, 3.63) is 58.1 Å². The standard InChI is InChI=1S/C21H29N3O2/c1-6-24(23)18-10-9-17(14(4)20(18)22)19(15(5)21(25)26)16-8-7-12(2)13(3)11-16/h7-11,15,19H,6,22-23H2,1-5H3,(H,25,26). The van der Waals surface area contributed by atoms with Crippen LogP contribution < -0.4 is 16.6 Å². The van der Waals surface area contributed by atoms with Crippen molar-refractivity contribution in [2.24, 2.45) is 11.8 Å². The SMILES string of the molecule is CCN(N)c1ccc(C(c2ccc(C)c(C)c2)C(C)C(=O)O)c(C)c1N. The van der Waals surface area contributed by atoms with Crippen LogP contribution >= 0.6 is 0 Å². The number of benzene rings is 2. The summed E-state index contributed by atoms with van der Waals surface area (Å²) in [7, 11) is 0. The van der Waals surface area contributed by atoms with Crippen molar-refractivity contribution in [1.29, 1.82) is 0 Å². The topological polar surface area (TPSA) is 92.6 Å². The number of hydrogen-bond donors (Lipinski definition) is 3. The molecule has 2 atom stereocenters. The number of nitrogen functional groups attached to an aromatic ring is 1. The van der Waals surface area contributed by atoms with Crippen LogP contribution in [0.15, 0.2) is 30.3 Å². The second-order valence-corrected chi connectivity index (χ2v) is 6.95. The van der Waals surface area contributed by atoms with Gasteiger partial charge in [-0.2, -0.15) is 0 Å². The molecule has 26 heavy (non-hydrogen) atoms. The molecule has 0 aliphatic carbocycles. The lowest BCUT2D eigenvalue weighted by molar-refractivity contribution is -0.141. The van der Waals surface area contributed by atoms with Gasteiger partial charge in [-0.15, -0.1) is 0 Å². The molecule has 5 nitrogen and oxygen atoms in total. The second-order valence-electron chi connectivity index (χ2n) is 6.95. The predicted molar refractivity (Wildman–Crippen MR) is 107 cm³/mol. The Balaban J connectivity index is 2.65. The molecule has 140 valence electrons. The molecule has 0 spiro atoms. The number of aliphatic carboxylic acids is 1. The average Bonchev–Trinajstić information content (AvgIpc) is 2.61. The molecule has 0 aromatic heterocycles. The minimum atomic E-state index is -0.829. The zero-order chi connectivity index (χ0) is 19.6. The van der Waals surface area contributed by atoms with E-state index in [9.17, 15) is 9.90 Å². The summed E-state index contributed by atoms with van der Waals surface area (Å²) in [5.41, 5.74) is 12.8. The lowest BCUT2D eigenvalue weighted by atomic mass is 9.78. The minimum Gasteiger partial charge on any atom is -0.481 e. The highest BCUT2D eigenvalue weighted by molar-refractivity contribution is 5.76. The Hall–Kier alpha value is -2.53. The van der Waals surface area contributed by atoms with Crippen LogP contribution in [-0.2, 0) is 4.79 Å². The lowest BCUT2D eigenvalue weighted by Gasteiger charge is -2.27. The summed E-state index contributed by atoms with van der Waals surface area (Å²) in [5, 5.41) is 11.3. The van der Waals surface area contributed by atoms with E-state index < -0.39 is 11.9 Å². The Morgan fingerprint density at radius 2 is 1.81 bits per heavy atom. The number of hydrogen-bond acceptors (Lipinski definition) is 4. The van der Waals surface area contributed by atoms with Gasteiger partial charge in [0.25, 0.3) is 0 Å².